The van der Waals surface area contributed by atoms with Crippen LogP contribution >= 0.6 is 24.0 Å². The highest BCUT2D eigenvalue weighted by atomic mass is 127. The number of aliphatic imine (C=N–C) groups is 1. The Labute approximate surface area is 203 Å². The summed E-state index contributed by atoms with van der Waals surface area (Å²) in [5.74, 6) is 0.615. The quantitative estimate of drug-likeness (QED) is 0.169. The van der Waals surface area contributed by atoms with Crippen LogP contribution in [0.15, 0.2) is 52.3 Å². The van der Waals surface area contributed by atoms with Gasteiger partial charge in [-0.15, -0.1) is 24.0 Å². The summed E-state index contributed by atoms with van der Waals surface area (Å²) in [6.45, 7) is 3.09. The van der Waals surface area contributed by atoms with Gasteiger partial charge in [0, 0.05) is 31.4 Å². The number of pyridine rings is 1. The van der Waals surface area contributed by atoms with Crippen LogP contribution in [-0.4, -0.2) is 41.9 Å². The fourth-order valence-corrected chi connectivity index (χ4v) is 3.01. The summed E-state index contributed by atoms with van der Waals surface area (Å²) in [5, 5.41) is 16.6. The van der Waals surface area contributed by atoms with Gasteiger partial charge in [-0.25, -0.2) is 0 Å². The smallest absolute Gasteiger partial charge is 0.387 e. The number of alkyl halides is 2. The van der Waals surface area contributed by atoms with Gasteiger partial charge in [0.1, 0.15) is 5.75 Å². The summed E-state index contributed by atoms with van der Waals surface area (Å²) in [5.41, 5.74) is 1.51. The molecule has 7 nitrogen and oxygen atoms in total. The van der Waals surface area contributed by atoms with Crippen molar-refractivity contribution >= 4 is 29.9 Å². The lowest BCUT2D eigenvalue weighted by Crippen LogP contribution is -2.38. The van der Waals surface area contributed by atoms with Crippen molar-refractivity contribution in [2.45, 2.75) is 45.9 Å². The number of hydrogen-bond acceptors (Lipinski definition) is 4. The average Bonchev–Trinajstić information content (AvgIpc) is 2.73. The summed E-state index contributed by atoms with van der Waals surface area (Å²) in [6, 6.07) is 11.1. The number of guanidine groups is 1. The number of benzene rings is 1. The van der Waals surface area contributed by atoms with E-state index in [9.17, 15) is 18.7 Å². The molecule has 0 saturated heterocycles. The molecule has 3 N–H and O–H groups in total. The van der Waals surface area contributed by atoms with Gasteiger partial charge in [-0.05, 0) is 50.5 Å². The van der Waals surface area contributed by atoms with Crippen LogP contribution in [0.1, 0.15) is 37.1 Å². The van der Waals surface area contributed by atoms with Crippen LogP contribution in [0.25, 0.3) is 0 Å². The Balaban J connectivity index is 0.00000512. The first kappa shape index (κ1) is 27.8. The number of aliphatic hydroxyl groups excluding tert-OH is 1. The summed E-state index contributed by atoms with van der Waals surface area (Å²) >= 11 is 0. The van der Waals surface area contributed by atoms with Crippen LogP contribution < -0.4 is 20.9 Å². The van der Waals surface area contributed by atoms with Crippen molar-refractivity contribution in [3.8, 4) is 5.75 Å². The third-order valence-corrected chi connectivity index (χ3v) is 4.63. The Hall–Kier alpha value is -2.21. The first-order chi connectivity index (χ1) is 14.9. The van der Waals surface area contributed by atoms with Gasteiger partial charge >= 0.3 is 6.61 Å². The van der Waals surface area contributed by atoms with Gasteiger partial charge in [0.15, 0.2) is 5.96 Å². The number of hydrogen-bond donors (Lipinski definition) is 3. The van der Waals surface area contributed by atoms with E-state index in [0.29, 0.717) is 31.2 Å². The second-order valence-corrected chi connectivity index (χ2v) is 6.97. The topological polar surface area (TPSA) is 87.9 Å². The zero-order chi connectivity index (χ0) is 22.6. The van der Waals surface area contributed by atoms with Gasteiger partial charge in [0.2, 0.25) is 0 Å². The van der Waals surface area contributed by atoms with Gasteiger partial charge in [-0.1, -0.05) is 18.2 Å². The van der Waals surface area contributed by atoms with E-state index in [-0.39, 0.29) is 41.8 Å². The third-order valence-electron chi connectivity index (χ3n) is 4.63. The van der Waals surface area contributed by atoms with Crippen LogP contribution in [0, 0.1) is 6.92 Å². The van der Waals surface area contributed by atoms with Gasteiger partial charge in [-0.3, -0.25) is 9.79 Å². The minimum absolute atomic E-state index is 0. The lowest BCUT2D eigenvalue weighted by Gasteiger charge is -2.14. The van der Waals surface area contributed by atoms with E-state index in [1.807, 2.05) is 19.9 Å². The molecule has 0 aliphatic rings. The monoisotopic (exact) mass is 564 g/mol. The van der Waals surface area contributed by atoms with E-state index in [2.05, 4.69) is 20.4 Å². The molecule has 0 aliphatic carbocycles. The summed E-state index contributed by atoms with van der Waals surface area (Å²) in [6.07, 6.45) is 0.815. The molecule has 0 radical (unpaired) electrons. The van der Waals surface area contributed by atoms with Crippen LogP contribution in [0.3, 0.4) is 0 Å². The van der Waals surface area contributed by atoms with E-state index in [1.165, 1.54) is 24.3 Å². The molecule has 0 saturated carbocycles. The molecule has 10 heteroatoms. The summed E-state index contributed by atoms with van der Waals surface area (Å²) in [7, 11) is 0. The molecule has 32 heavy (non-hydrogen) atoms. The number of aromatic nitrogens is 1. The molecule has 1 aromatic heterocycles. The molecule has 0 spiro atoms. The maximum absolute atomic E-state index is 12.2. The van der Waals surface area contributed by atoms with Crippen molar-refractivity contribution in [1.29, 1.82) is 0 Å². The molecule has 2 aromatic rings. The zero-order valence-electron chi connectivity index (χ0n) is 18.3. The third kappa shape index (κ3) is 9.51. The Morgan fingerprint density at radius 1 is 1.16 bits per heavy atom. The zero-order valence-corrected chi connectivity index (χ0v) is 20.6. The van der Waals surface area contributed by atoms with Crippen LogP contribution in [-0.2, 0) is 6.54 Å². The highest BCUT2D eigenvalue weighted by molar-refractivity contribution is 14.0. The lowest BCUT2D eigenvalue weighted by atomic mass is 10.1. The molecular weight excluding hydrogens is 533 g/mol. The Morgan fingerprint density at radius 3 is 2.50 bits per heavy atom. The fourth-order valence-electron chi connectivity index (χ4n) is 3.01. The van der Waals surface area contributed by atoms with E-state index in [4.69, 9.17) is 0 Å². The fraction of sp³-hybridized carbons (Fsp3) is 0.455. The number of halogens is 3. The molecule has 1 unspecified atom stereocenters. The van der Waals surface area contributed by atoms with Crippen molar-refractivity contribution < 1.29 is 18.6 Å². The Kier molecular flexibility index (Phi) is 12.8. The normalized spacial score (nSPS) is 12.2. The lowest BCUT2D eigenvalue weighted by molar-refractivity contribution is -0.0498. The maximum atomic E-state index is 12.2. The number of nitrogens with zero attached hydrogens (tertiary/aromatic N) is 2. The minimum Gasteiger partial charge on any atom is -0.435 e. The van der Waals surface area contributed by atoms with Crippen molar-refractivity contribution in [2.75, 3.05) is 19.6 Å². The first-order valence-electron chi connectivity index (χ1n) is 10.3. The molecule has 0 fully saturated rings. The van der Waals surface area contributed by atoms with E-state index in [0.717, 1.165) is 18.5 Å². The van der Waals surface area contributed by atoms with E-state index in [1.54, 1.807) is 16.7 Å². The number of nitrogens with one attached hydrogen (secondary N) is 2. The molecule has 1 atom stereocenters. The Morgan fingerprint density at radius 2 is 1.88 bits per heavy atom. The molecule has 0 aliphatic heterocycles. The molecular formula is C22H31F2IN4O3. The van der Waals surface area contributed by atoms with E-state index >= 15 is 0 Å². The van der Waals surface area contributed by atoms with Crippen molar-refractivity contribution in [1.82, 2.24) is 15.2 Å². The number of unbranched alkanes of at least 4 members (excludes halogenated alkanes) is 1. The highest BCUT2D eigenvalue weighted by Gasteiger charge is 2.09. The second-order valence-electron chi connectivity index (χ2n) is 6.97. The van der Waals surface area contributed by atoms with Gasteiger partial charge in [-0.2, -0.15) is 8.78 Å². The second kappa shape index (κ2) is 14.8. The van der Waals surface area contributed by atoms with Crippen LogP contribution in [0.5, 0.6) is 5.75 Å². The van der Waals surface area contributed by atoms with Crippen molar-refractivity contribution in [3.63, 3.8) is 0 Å². The number of aryl methyl sites for hydroxylation is 1. The molecule has 2 rings (SSSR count). The number of ether oxygens (including phenoxy) is 1. The molecule has 178 valence electrons. The predicted octanol–water partition coefficient (Wildman–Crippen LogP) is 3.45. The standard InChI is InChI=1S/C22H30F2N4O3.HI/c1-3-25-22(26-13-4-5-14-28-16(2)7-6-8-20(28)30)27-15-19(29)17-9-11-18(12-10-17)31-21(23)24;/h6-12,19,21,29H,3-5,13-15H2,1-2H3,(H2,25,26,27);1H. The van der Waals surface area contributed by atoms with Gasteiger partial charge in [0.05, 0.1) is 12.6 Å². The largest absolute Gasteiger partial charge is 0.435 e. The number of aliphatic hydroxyl groups is 1. The van der Waals surface area contributed by atoms with Gasteiger partial charge in [0.25, 0.3) is 5.56 Å². The SMILES string of the molecule is CCNC(=NCC(O)c1ccc(OC(F)F)cc1)NCCCCn1c(C)cccc1=O.I. The molecule has 1 aromatic carbocycles. The minimum atomic E-state index is -2.88. The van der Waals surface area contributed by atoms with Gasteiger partial charge < -0.3 is 25.0 Å². The first-order valence-corrected chi connectivity index (χ1v) is 10.3. The highest BCUT2D eigenvalue weighted by Crippen LogP contribution is 2.19. The van der Waals surface area contributed by atoms with Crippen LogP contribution in [0.4, 0.5) is 8.78 Å². The molecule has 0 amide bonds. The Bertz CT molecular complexity index is 891. The van der Waals surface area contributed by atoms with E-state index < -0.39 is 12.7 Å². The average molecular weight is 564 g/mol. The summed E-state index contributed by atoms with van der Waals surface area (Å²) < 4.78 is 30.5. The van der Waals surface area contributed by atoms with Crippen molar-refractivity contribution in [3.05, 3.63) is 64.1 Å². The molecule has 1 heterocycles. The van der Waals surface area contributed by atoms with Crippen molar-refractivity contribution in [2.24, 2.45) is 4.99 Å². The predicted molar refractivity (Wildman–Crippen MR) is 132 cm³/mol. The maximum Gasteiger partial charge on any atom is 0.387 e. The number of rotatable bonds is 11. The summed E-state index contributed by atoms with van der Waals surface area (Å²) in [4.78, 5) is 16.3. The van der Waals surface area contributed by atoms with Crippen LogP contribution in [0.2, 0.25) is 0 Å². The molecule has 0 bridgehead atoms.